The highest BCUT2D eigenvalue weighted by Crippen LogP contribution is 2.26. The molecule has 3 rings (SSSR count). The Morgan fingerprint density at radius 3 is 2.35 bits per heavy atom. The Hall–Kier alpha value is -1.60. The van der Waals surface area contributed by atoms with Crippen molar-refractivity contribution in [2.75, 3.05) is 6.54 Å². The summed E-state index contributed by atoms with van der Waals surface area (Å²) in [6, 6.07) is 20.5. The van der Waals surface area contributed by atoms with Crippen LogP contribution >= 0.6 is 0 Å². The number of benzene rings is 2. The number of aryl methyl sites for hydroxylation is 1. The van der Waals surface area contributed by atoms with Crippen LogP contribution in [0.3, 0.4) is 0 Å². The van der Waals surface area contributed by atoms with E-state index < -0.39 is 0 Å². The summed E-state index contributed by atoms with van der Waals surface area (Å²) in [5.74, 6) is 0.683. The van der Waals surface area contributed by atoms with Crippen molar-refractivity contribution in [3.63, 3.8) is 0 Å². The molecule has 0 saturated carbocycles. The van der Waals surface area contributed by atoms with Crippen LogP contribution in [0.1, 0.15) is 35.4 Å². The molecule has 1 aliphatic heterocycles. The van der Waals surface area contributed by atoms with Gasteiger partial charge in [0.05, 0.1) is 0 Å². The molecule has 0 aliphatic carbocycles. The van der Waals surface area contributed by atoms with E-state index in [0.29, 0.717) is 12.0 Å². The number of hydrogen-bond donors (Lipinski definition) is 1. The lowest BCUT2D eigenvalue weighted by atomic mass is 9.86. The average molecular weight is 265 g/mol. The number of piperidine rings is 1. The summed E-state index contributed by atoms with van der Waals surface area (Å²) in [7, 11) is 0. The Kier molecular flexibility index (Phi) is 4.17. The lowest BCUT2D eigenvalue weighted by Gasteiger charge is -2.30. The van der Waals surface area contributed by atoms with Crippen molar-refractivity contribution in [3.8, 4) is 0 Å². The maximum Gasteiger partial charge on any atom is 0.0108 e. The fraction of sp³-hybridized carbons (Fsp3) is 0.368. The summed E-state index contributed by atoms with van der Waals surface area (Å²) in [5, 5.41) is 3.73. The molecule has 0 radical (unpaired) electrons. The third kappa shape index (κ3) is 3.29. The molecule has 1 saturated heterocycles. The molecular formula is C19H23N. The highest BCUT2D eigenvalue weighted by atomic mass is 14.9. The van der Waals surface area contributed by atoms with E-state index in [0.717, 1.165) is 13.0 Å². The number of rotatable bonds is 3. The molecule has 0 unspecified atom stereocenters. The molecule has 2 aromatic rings. The van der Waals surface area contributed by atoms with Crippen LogP contribution in [-0.4, -0.2) is 12.6 Å². The van der Waals surface area contributed by atoms with Crippen molar-refractivity contribution in [2.45, 2.75) is 38.1 Å². The number of hydrogen-bond acceptors (Lipinski definition) is 1. The van der Waals surface area contributed by atoms with E-state index in [2.05, 4.69) is 66.8 Å². The zero-order chi connectivity index (χ0) is 13.8. The Balaban J connectivity index is 1.55. The molecule has 1 aliphatic rings. The van der Waals surface area contributed by atoms with Gasteiger partial charge in [-0.05, 0) is 43.2 Å². The third-order valence-corrected chi connectivity index (χ3v) is 4.39. The molecule has 0 amide bonds. The topological polar surface area (TPSA) is 12.0 Å². The second-order valence-electron chi connectivity index (χ2n) is 5.98. The molecule has 1 N–H and O–H groups in total. The van der Waals surface area contributed by atoms with Gasteiger partial charge in [0.25, 0.3) is 0 Å². The Labute approximate surface area is 122 Å². The minimum absolute atomic E-state index is 0.638. The molecule has 0 bridgehead atoms. The van der Waals surface area contributed by atoms with Crippen LogP contribution in [0.4, 0.5) is 0 Å². The van der Waals surface area contributed by atoms with Gasteiger partial charge in [-0.25, -0.2) is 0 Å². The predicted molar refractivity (Wildman–Crippen MR) is 85.1 cm³/mol. The molecule has 0 spiro atoms. The molecule has 1 heteroatoms. The van der Waals surface area contributed by atoms with E-state index in [1.54, 1.807) is 0 Å². The van der Waals surface area contributed by atoms with Crippen LogP contribution in [0, 0.1) is 6.92 Å². The van der Waals surface area contributed by atoms with Crippen LogP contribution in [0.15, 0.2) is 54.6 Å². The maximum atomic E-state index is 3.73. The standard InChI is InChI=1S/C19H23N/c1-15-7-9-17(10-8-15)18-11-12-19(20-14-18)13-16-5-3-2-4-6-16/h2-10,18-20H,11-14H2,1H3/t18-,19+/m1/s1. The lowest BCUT2D eigenvalue weighted by Crippen LogP contribution is -2.39. The smallest absolute Gasteiger partial charge is 0.0108 e. The summed E-state index contributed by atoms with van der Waals surface area (Å²) in [6.07, 6.45) is 3.72. The van der Waals surface area contributed by atoms with Crippen LogP contribution < -0.4 is 5.32 Å². The molecule has 2 aromatic carbocycles. The molecule has 1 nitrogen and oxygen atoms in total. The van der Waals surface area contributed by atoms with Gasteiger partial charge in [0, 0.05) is 12.6 Å². The Morgan fingerprint density at radius 1 is 0.950 bits per heavy atom. The first kappa shape index (κ1) is 13.4. The second-order valence-corrected chi connectivity index (χ2v) is 5.98. The summed E-state index contributed by atoms with van der Waals surface area (Å²) < 4.78 is 0. The van der Waals surface area contributed by atoms with E-state index in [-0.39, 0.29) is 0 Å². The van der Waals surface area contributed by atoms with Crippen molar-refractivity contribution in [2.24, 2.45) is 0 Å². The SMILES string of the molecule is Cc1ccc([C@@H]2CC[C@@H](Cc3ccccc3)NC2)cc1. The van der Waals surface area contributed by atoms with Gasteiger partial charge in [-0.15, -0.1) is 0 Å². The van der Waals surface area contributed by atoms with Gasteiger partial charge in [-0.3, -0.25) is 0 Å². The molecular weight excluding hydrogens is 242 g/mol. The summed E-state index contributed by atoms with van der Waals surface area (Å²) in [5.41, 5.74) is 4.28. The highest BCUT2D eigenvalue weighted by molar-refractivity contribution is 5.25. The van der Waals surface area contributed by atoms with Crippen molar-refractivity contribution >= 4 is 0 Å². The molecule has 20 heavy (non-hydrogen) atoms. The fourth-order valence-corrected chi connectivity index (χ4v) is 3.11. The van der Waals surface area contributed by atoms with Gasteiger partial charge in [0.2, 0.25) is 0 Å². The van der Waals surface area contributed by atoms with Gasteiger partial charge >= 0.3 is 0 Å². The molecule has 104 valence electrons. The van der Waals surface area contributed by atoms with Gasteiger partial charge in [-0.1, -0.05) is 60.2 Å². The monoisotopic (exact) mass is 265 g/mol. The van der Waals surface area contributed by atoms with E-state index in [4.69, 9.17) is 0 Å². The first-order valence-corrected chi connectivity index (χ1v) is 7.65. The van der Waals surface area contributed by atoms with E-state index in [1.165, 1.54) is 29.5 Å². The van der Waals surface area contributed by atoms with Crippen molar-refractivity contribution in [3.05, 3.63) is 71.3 Å². The summed E-state index contributed by atoms with van der Waals surface area (Å²) in [6.45, 7) is 3.26. The predicted octanol–water partition coefficient (Wildman–Crippen LogP) is 4.07. The molecule has 0 aromatic heterocycles. The summed E-state index contributed by atoms with van der Waals surface area (Å²) in [4.78, 5) is 0. The quantitative estimate of drug-likeness (QED) is 0.882. The van der Waals surface area contributed by atoms with Gasteiger partial charge in [0.15, 0.2) is 0 Å². The van der Waals surface area contributed by atoms with Crippen LogP contribution in [0.25, 0.3) is 0 Å². The zero-order valence-corrected chi connectivity index (χ0v) is 12.2. The molecule has 1 fully saturated rings. The van der Waals surface area contributed by atoms with Crippen molar-refractivity contribution in [1.82, 2.24) is 5.32 Å². The molecule has 2 atom stereocenters. The third-order valence-electron chi connectivity index (χ3n) is 4.39. The summed E-state index contributed by atoms with van der Waals surface area (Å²) >= 11 is 0. The van der Waals surface area contributed by atoms with Crippen LogP contribution in [-0.2, 0) is 6.42 Å². The van der Waals surface area contributed by atoms with E-state index in [9.17, 15) is 0 Å². The Morgan fingerprint density at radius 2 is 1.70 bits per heavy atom. The Bertz CT molecular complexity index is 521. The maximum absolute atomic E-state index is 3.73. The van der Waals surface area contributed by atoms with Crippen LogP contribution in [0.5, 0.6) is 0 Å². The molecule has 1 heterocycles. The minimum Gasteiger partial charge on any atom is -0.313 e. The minimum atomic E-state index is 0.638. The first-order valence-electron chi connectivity index (χ1n) is 7.65. The van der Waals surface area contributed by atoms with E-state index in [1.807, 2.05) is 0 Å². The first-order chi connectivity index (χ1) is 9.81. The van der Waals surface area contributed by atoms with E-state index >= 15 is 0 Å². The zero-order valence-electron chi connectivity index (χ0n) is 12.2. The van der Waals surface area contributed by atoms with Crippen molar-refractivity contribution < 1.29 is 0 Å². The highest BCUT2D eigenvalue weighted by Gasteiger charge is 2.21. The second kappa shape index (κ2) is 6.23. The van der Waals surface area contributed by atoms with Crippen molar-refractivity contribution in [1.29, 1.82) is 0 Å². The van der Waals surface area contributed by atoms with Gasteiger partial charge in [0.1, 0.15) is 0 Å². The fourth-order valence-electron chi connectivity index (χ4n) is 3.11. The lowest BCUT2D eigenvalue weighted by molar-refractivity contribution is 0.364. The van der Waals surface area contributed by atoms with Crippen LogP contribution in [0.2, 0.25) is 0 Å². The largest absolute Gasteiger partial charge is 0.313 e. The van der Waals surface area contributed by atoms with Gasteiger partial charge < -0.3 is 5.32 Å². The average Bonchev–Trinajstić information content (AvgIpc) is 2.50. The normalized spacial score (nSPS) is 22.6. The number of nitrogens with one attached hydrogen (secondary N) is 1. The van der Waals surface area contributed by atoms with Gasteiger partial charge in [-0.2, -0.15) is 0 Å².